The summed E-state index contributed by atoms with van der Waals surface area (Å²) in [7, 11) is 3.90. The first-order valence-corrected chi connectivity index (χ1v) is 9.96. The van der Waals surface area contributed by atoms with Crippen LogP contribution in [0.2, 0.25) is 0 Å². The van der Waals surface area contributed by atoms with E-state index >= 15 is 0 Å². The number of carbonyl (C=O) groups is 1. The first-order valence-electron chi connectivity index (χ1n) is 9.96. The molecule has 1 aliphatic rings. The van der Waals surface area contributed by atoms with Gasteiger partial charge in [-0.3, -0.25) is 4.79 Å². The largest absolute Gasteiger partial charge is 0.378 e. The van der Waals surface area contributed by atoms with Crippen LogP contribution in [0.15, 0.2) is 60.7 Å². The van der Waals surface area contributed by atoms with Crippen molar-refractivity contribution >= 4 is 23.1 Å². The van der Waals surface area contributed by atoms with Gasteiger partial charge < -0.3 is 19.9 Å². The number of aromatic nitrogens is 2. The van der Waals surface area contributed by atoms with Crippen LogP contribution in [0.25, 0.3) is 11.3 Å². The molecule has 0 unspecified atom stereocenters. The van der Waals surface area contributed by atoms with Crippen LogP contribution in [0, 0.1) is 0 Å². The number of benzene rings is 2. The summed E-state index contributed by atoms with van der Waals surface area (Å²) in [6.45, 7) is 3.07. The third-order valence-electron chi connectivity index (χ3n) is 5.03. The third kappa shape index (κ3) is 4.58. The smallest absolute Gasteiger partial charge is 0.255 e. The van der Waals surface area contributed by atoms with Gasteiger partial charge in [-0.25, -0.2) is 0 Å². The molecule has 0 atom stereocenters. The molecule has 154 valence electrons. The summed E-state index contributed by atoms with van der Waals surface area (Å²) in [6, 6.07) is 19.1. The highest BCUT2D eigenvalue weighted by Gasteiger charge is 2.13. The van der Waals surface area contributed by atoms with E-state index in [1.807, 2.05) is 79.7 Å². The van der Waals surface area contributed by atoms with Gasteiger partial charge in [-0.2, -0.15) is 0 Å². The van der Waals surface area contributed by atoms with Gasteiger partial charge in [-0.15, -0.1) is 10.2 Å². The lowest BCUT2D eigenvalue weighted by atomic mass is 10.1. The van der Waals surface area contributed by atoms with Gasteiger partial charge in [0.1, 0.15) is 0 Å². The number of ether oxygens (including phenoxy) is 1. The normalized spacial score (nSPS) is 13.7. The molecule has 30 heavy (non-hydrogen) atoms. The summed E-state index contributed by atoms with van der Waals surface area (Å²) in [5, 5.41) is 11.7. The highest BCUT2D eigenvalue weighted by Crippen LogP contribution is 2.23. The number of amides is 1. The van der Waals surface area contributed by atoms with E-state index in [9.17, 15) is 4.79 Å². The standard InChI is InChI=1S/C23H25N5O2/c1-27(2)20-8-4-6-18(16-20)23(29)24-19-7-3-5-17(15-19)21-9-10-22(26-25-21)28-11-13-30-14-12-28/h3-10,15-16H,11-14H2,1-2H3,(H,24,29). The second-order valence-corrected chi connectivity index (χ2v) is 7.36. The van der Waals surface area contributed by atoms with E-state index in [0.717, 1.165) is 35.9 Å². The van der Waals surface area contributed by atoms with E-state index in [-0.39, 0.29) is 5.91 Å². The van der Waals surface area contributed by atoms with Crippen molar-refractivity contribution in [2.45, 2.75) is 0 Å². The summed E-state index contributed by atoms with van der Waals surface area (Å²) in [5.74, 6) is 0.705. The predicted molar refractivity (Wildman–Crippen MR) is 119 cm³/mol. The molecule has 2 aromatic carbocycles. The quantitative estimate of drug-likeness (QED) is 0.705. The number of rotatable bonds is 5. The molecule has 7 heteroatoms. The van der Waals surface area contributed by atoms with E-state index in [0.29, 0.717) is 24.5 Å². The number of nitrogens with one attached hydrogen (secondary N) is 1. The molecule has 1 fully saturated rings. The molecule has 0 aliphatic carbocycles. The topological polar surface area (TPSA) is 70.6 Å². The maximum absolute atomic E-state index is 12.7. The molecule has 1 amide bonds. The minimum atomic E-state index is -0.149. The number of hydrogen-bond donors (Lipinski definition) is 1. The van der Waals surface area contributed by atoms with Crippen LogP contribution in [0.4, 0.5) is 17.2 Å². The lowest BCUT2D eigenvalue weighted by molar-refractivity contribution is 0.102. The second-order valence-electron chi connectivity index (χ2n) is 7.36. The van der Waals surface area contributed by atoms with Crippen molar-refractivity contribution in [1.29, 1.82) is 0 Å². The Balaban J connectivity index is 1.48. The van der Waals surface area contributed by atoms with Gasteiger partial charge in [0.15, 0.2) is 5.82 Å². The molecule has 1 N–H and O–H groups in total. The average molecular weight is 403 g/mol. The molecular formula is C23H25N5O2. The van der Waals surface area contributed by atoms with Crippen LogP contribution in [0.5, 0.6) is 0 Å². The zero-order chi connectivity index (χ0) is 20.9. The maximum atomic E-state index is 12.7. The Bertz CT molecular complexity index is 1010. The van der Waals surface area contributed by atoms with E-state index < -0.39 is 0 Å². The Labute approximate surface area is 176 Å². The molecular weight excluding hydrogens is 378 g/mol. The Morgan fingerprint density at radius 2 is 1.80 bits per heavy atom. The van der Waals surface area contributed by atoms with Crippen LogP contribution in [-0.2, 0) is 4.74 Å². The minimum absolute atomic E-state index is 0.149. The van der Waals surface area contributed by atoms with Gasteiger partial charge in [-0.05, 0) is 42.5 Å². The fraction of sp³-hybridized carbons (Fsp3) is 0.261. The second kappa shape index (κ2) is 8.92. The van der Waals surface area contributed by atoms with Gasteiger partial charge in [-0.1, -0.05) is 18.2 Å². The van der Waals surface area contributed by atoms with Crippen molar-refractivity contribution in [3.05, 3.63) is 66.2 Å². The molecule has 1 aliphatic heterocycles. The van der Waals surface area contributed by atoms with E-state index in [2.05, 4.69) is 20.4 Å². The van der Waals surface area contributed by atoms with Crippen LogP contribution < -0.4 is 15.1 Å². The van der Waals surface area contributed by atoms with Crippen molar-refractivity contribution in [2.24, 2.45) is 0 Å². The Kier molecular flexibility index (Phi) is 5.90. The van der Waals surface area contributed by atoms with Crippen LogP contribution >= 0.6 is 0 Å². The van der Waals surface area contributed by atoms with E-state index in [1.54, 1.807) is 0 Å². The number of carbonyl (C=O) groups excluding carboxylic acids is 1. The summed E-state index contributed by atoms with van der Waals surface area (Å²) in [5.41, 5.74) is 3.97. The highest BCUT2D eigenvalue weighted by atomic mass is 16.5. The van der Waals surface area contributed by atoms with Crippen LogP contribution in [-0.4, -0.2) is 56.5 Å². The zero-order valence-electron chi connectivity index (χ0n) is 17.2. The number of nitrogens with zero attached hydrogens (tertiary/aromatic N) is 4. The third-order valence-corrected chi connectivity index (χ3v) is 5.03. The first kappa shape index (κ1) is 19.8. The summed E-state index contributed by atoms with van der Waals surface area (Å²) in [4.78, 5) is 16.8. The molecule has 1 saturated heterocycles. The van der Waals surface area contributed by atoms with E-state index in [1.165, 1.54) is 0 Å². The molecule has 3 aromatic rings. The molecule has 0 saturated carbocycles. The van der Waals surface area contributed by atoms with Gasteiger partial charge in [0.25, 0.3) is 5.91 Å². The van der Waals surface area contributed by atoms with Gasteiger partial charge in [0, 0.05) is 49.7 Å². The fourth-order valence-corrected chi connectivity index (χ4v) is 3.33. The summed E-state index contributed by atoms with van der Waals surface area (Å²) < 4.78 is 5.38. The van der Waals surface area contributed by atoms with Crippen molar-refractivity contribution in [2.75, 3.05) is 55.5 Å². The Morgan fingerprint density at radius 1 is 1.00 bits per heavy atom. The molecule has 0 radical (unpaired) electrons. The van der Waals surface area contributed by atoms with Crippen LogP contribution in [0.1, 0.15) is 10.4 Å². The van der Waals surface area contributed by atoms with Gasteiger partial charge in [0.2, 0.25) is 0 Å². The average Bonchev–Trinajstić information content (AvgIpc) is 2.80. The van der Waals surface area contributed by atoms with Crippen LogP contribution in [0.3, 0.4) is 0 Å². The van der Waals surface area contributed by atoms with Gasteiger partial charge >= 0.3 is 0 Å². The molecule has 0 bridgehead atoms. The van der Waals surface area contributed by atoms with Crippen molar-refractivity contribution < 1.29 is 9.53 Å². The highest BCUT2D eigenvalue weighted by molar-refractivity contribution is 6.05. The zero-order valence-corrected chi connectivity index (χ0v) is 17.2. The van der Waals surface area contributed by atoms with Crippen molar-refractivity contribution in [3.8, 4) is 11.3 Å². The first-order chi connectivity index (χ1) is 14.6. The Hall–Kier alpha value is -3.45. The SMILES string of the molecule is CN(C)c1cccc(C(=O)Nc2cccc(-c3ccc(N4CCOCC4)nn3)c2)c1. The molecule has 2 heterocycles. The van der Waals surface area contributed by atoms with Crippen molar-refractivity contribution in [1.82, 2.24) is 10.2 Å². The molecule has 7 nitrogen and oxygen atoms in total. The Morgan fingerprint density at radius 3 is 2.53 bits per heavy atom. The fourth-order valence-electron chi connectivity index (χ4n) is 3.33. The summed E-state index contributed by atoms with van der Waals surface area (Å²) in [6.07, 6.45) is 0. The predicted octanol–water partition coefficient (Wildman–Crippen LogP) is 3.30. The van der Waals surface area contributed by atoms with Crippen molar-refractivity contribution in [3.63, 3.8) is 0 Å². The van der Waals surface area contributed by atoms with Gasteiger partial charge in [0.05, 0.1) is 18.9 Å². The lowest BCUT2D eigenvalue weighted by Crippen LogP contribution is -2.36. The summed E-state index contributed by atoms with van der Waals surface area (Å²) >= 11 is 0. The number of anilines is 3. The lowest BCUT2D eigenvalue weighted by Gasteiger charge is -2.27. The van der Waals surface area contributed by atoms with E-state index in [4.69, 9.17) is 4.74 Å². The minimum Gasteiger partial charge on any atom is -0.378 e. The number of hydrogen-bond acceptors (Lipinski definition) is 6. The number of morpholine rings is 1. The molecule has 0 spiro atoms. The maximum Gasteiger partial charge on any atom is 0.255 e. The monoisotopic (exact) mass is 403 g/mol. The molecule has 1 aromatic heterocycles. The molecule has 4 rings (SSSR count).